The molecule has 1 aliphatic rings. The van der Waals surface area contributed by atoms with Crippen molar-refractivity contribution >= 4 is 17.5 Å². The van der Waals surface area contributed by atoms with Gasteiger partial charge in [-0.1, -0.05) is 18.2 Å². The number of para-hydroxylation sites is 1. The molecule has 1 aliphatic heterocycles. The topological polar surface area (TPSA) is 70.2 Å². The van der Waals surface area contributed by atoms with Crippen LogP contribution in [0.25, 0.3) is 0 Å². The molecular formula is C14H19N3O2. The van der Waals surface area contributed by atoms with Crippen LogP contribution in [0.2, 0.25) is 0 Å². The fraction of sp³-hybridized carbons (Fsp3) is 0.429. The van der Waals surface area contributed by atoms with E-state index in [9.17, 15) is 9.59 Å². The Morgan fingerprint density at radius 3 is 2.95 bits per heavy atom. The fourth-order valence-corrected chi connectivity index (χ4v) is 2.29. The van der Waals surface area contributed by atoms with Crippen LogP contribution in [0.4, 0.5) is 5.69 Å². The number of nitrogens with one attached hydrogen (secondary N) is 3. The van der Waals surface area contributed by atoms with Crippen molar-refractivity contribution in [3.8, 4) is 0 Å². The van der Waals surface area contributed by atoms with E-state index in [-0.39, 0.29) is 17.7 Å². The van der Waals surface area contributed by atoms with E-state index in [4.69, 9.17) is 0 Å². The second kappa shape index (κ2) is 6.22. The molecule has 0 saturated heterocycles. The van der Waals surface area contributed by atoms with Crippen LogP contribution in [-0.2, 0) is 9.59 Å². The quantitative estimate of drug-likeness (QED) is 0.752. The zero-order chi connectivity index (χ0) is 13.7. The minimum absolute atomic E-state index is 0.00199. The van der Waals surface area contributed by atoms with E-state index < -0.39 is 0 Å². The molecule has 1 unspecified atom stereocenters. The smallest absolute Gasteiger partial charge is 0.227 e. The van der Waals surface area contributed by atoms with E-state index in [1.807, 2.05) is 24.3 Å². The van der Waals surface area contributed by atoms with Gasteiger partial charge in [0.1, 0.15) is 0 Å². The van der Waals surface area contributed by atoms with Crippen molar-refractivity contribution in [1.29, 1.82) is 0 Å². The van der Waals surface area contributed by atoms with Crippen molar-refractivity contribution in [1.82, 2.24) is 10.6 Å². The Hall–Kier alpha value is -2.04. The van der Waals surface area contributed by atoms with Gasteiger partial charge < -0.3 is 16.0 Å². The Labute approximate surface area is 112 Å². The lowest BCUT2D eigenvalue weighted by atomic mass is 9.90. The van der Waals surface area contributed by atoms with Gasteiger partial charge in [0.15, 0.2) is 0 Å². The van der Waals surface area contributed by atoms with Crippen LogP contribution in [0, 0.1) is 0 Å². The zero-order valence-electron chi connectivity index (χ0n) is 11.0. The Kier molecular flexibility index (Phi) is 4.39. The fourth-order valence-electron chi connectivity index (χ4n) is 2.29. The molecule has 1 aromatic rings. The standard InChI is InChI=1S/C14H19N3O2/c1-15-13(18)7-9-17-14(19)11-6-8-16-12-5-3-2-4-10(11)12/h2-5,11,16H,6-9H2,1H3,(H,15,18)(H,17,19). The lowest BCUT2D eigenvalue weighted by Gasteiger charge is -2.25. The maximum Gasteiger partial charge on any atom is 0.227 e. The summed E-state index contributed by atoms with van der Waals surface area (Å²) in [6.45, 7) is 1.18. The van der Waals surface area contributed by atoms with E-state index in [0.717, 1.165) is 24.2 Å². The predicted octanol–water partition coefficient (Wildman–Crippen LogP) is 0.838. The number of fused-ring (bicyclic) bond motifs is 1. The summed E-state index contributed by atoms with van der Waals surface area (Å²) in [5.41, 5.74) is 2.06. The third kappa shape index (κ3) is 3.24. The number of hydrogen-bond donors (Lipinski definition) is 3. The second-order valence-corrected chi connectivity index (χ2v) is 4.57. The highest BCUT2D eigenvalue weighted by atomic mass is 16.2. The van der Waals surface area contributed by atoms with Gasteiger partial charge in [-0.15, -0.1) is 0 Å². The molecule has 0 radical (unpaired) electrons. The summed E-state index contributed by atoms with van der Waals surface area (Å²) >= 11 is 0. The van der Waals surface area contributed by atoms with Crippen molar-refractivity contribution in [2.75, 3.05) is 25.5 Å². The van der Waals surface area contributed by atoms with Crippen LogP contribution in [0.3, 0.4) is 0 Å². The molecule has 3 N–H and O–H groups in total. The number of hydrogen-bond acceptors (Lipinski definition) is 3. The Bertz CT molecular complexity index is 474. The van der Waals surface area contributed by atoms with Gasteiger partial charge in [0.05, 0.1) is 5.92 Å². The first kappa shape index (κ1) is 13.4. The SMILES string of the molecule is CNC(=O)CCNC(=O)C1CCNc2ccccc21. The van der Waals surface area contributed by atoms with E-state index in [1.54, 1.807) is 7.05 Å². The largest absolute Gasteiger partial charge is 0.385 e. The van der Waals surface area contributed by atoms with Crippen LogP contribution in [0.15, 0.2) is 24.3 Å². The first-order chi connectivity index (χ1) is 9.22. The number of rotatable bonds is 4. The van der Waals surface area contributed by atoms with Crippen LogP contribution in [-0.4, -0.2) is 32.0 Å². The molecule has 0 fully saturated rings. The minimum atomic E-state index is -0.123. The maximum atomic E-state index is 12.2. The summed E-state index contributed by atoms with van der Waals surface area (Å²) in [5.74, 6) is -0.189. The molecule has 2 amide bonds. The van der Waals surface area contributed by atoms with Crippen molar-refractivity contribution in [2.45, 2.75) is 18.8 Å². The second-order valence-electron chi connectivity index (χ2n) is 4.57. The molecule has 0 saturated carbocycles. The molecule has 2 rings (SSSR count). The molecule has 102 valence electrons. The van der Waals surface area contributed by atoms with Crippen molar-refractivity contribution in [3.05, 3.63) is 29.8 Å². The highest BCUT2D eigenvalue weighted by molar-refractivity contribution is 5.86. The van der Waals surface area contributed by atoms with Crippen molar-refractivity contribution in [2.24, 2.45) is 0 Å². The number of amides is 2. The number of anilines is 1. The van der Waals surface area contributed by atoms with Gasteiger partial charge >= 0.3 is 0 Å². The molecular weight excluding hydrogens is 242 g/mol. The molecule has 0 spiro atoms. The minimum Gasteiger partial charge on any atom is -0.385 e. The molecule has 19 heavy (non-hydrogen) atoms. The van der Waals surface area contributed by atoms with Gasteiger partial charge in [0, 0.05) is 32.2 Å². The monoisotopic (exact) mass is 261 g/mol. The number of benzene rings is 1. The van der Waals surface area contributed by atoms with E-state index in [0.29, 0.717) is 13.0 Å². The average Bonchev–Trinajstić information content (AvgIpc) is 2.46. The lowest BCUT2D eigenvalue weighted by Crippen LogP contribution is -2.35. The first-order valence-electron chi connectivity index (χ1n) is 6.53. The molecule has 0 aliphatic carbocycles. The number of carbonyl (C=O) groups excluding carboxylic acids is 2. The average molecular weight is 261 g/mol. The summed E-state index contributed by atoms with van der Waals surface area (Å²) in [7, 11) is 1.59. The van der Waals surface area contributed by atoms with Crippen LogP contribution in [0.5, 0.6) is 0 Å². The molecule has 5 heteroatoms. The molecule has 1 aromatic carbocycles. The molecule has 0 aromatic heterocycles. The molecule has 1 atom stereocenters. The van der Waals surface area contributed by atoms with Gasteiger partial charge in [0.2, 0.25) is 11.8 Å². The zero-order valence-corrected chi connectivity index (χ0v) is 11.0. The predicted molar refractivity (Wildman–Crippen MR) is 74.0 cm³/mol. The van der Waals surface area contributed by atoms with Gasteiger partial charge in [-0.05, 0) is 18.1 Å². The first-order valence-corrected chi connectivity index (χ1v) is 6.53. The number of carbonyl (C=O) groups is 2. The molecule has 0 bridgehead atoms. The van der Waals surface area contributed by atoms with Crippen molar-refractivity contribution in [3.63, 3.8) is 0 Å². The summed E-state index contributed by atoms with van der Waals surface area (Å²) < 4.78 is 0. The normalized spacial score (nSPS) is 17.0. The Morgan fingerprint density at radius 1 is 1.37 bits per heavy atom. The third-order valence-electron chi connectivity index (χ3n) is 3.33. The van der Waals surface area contributed by atoms with Crippen LogP contribution >= 0.6 is 0 Å². The van der Waals surface area contributed by atoms with Gasteiger partial charge in [-0.2, -0.15) is 0 Å². The van der Waals surface area contributed by atoms with E-state index >= 15 is 0 Å². The Balaban J connectivity index is 1.95. The Morgan fingerprint density at radius 2 is 2.16 bits per heavy atom. The van der Waals surface area contributed by atoms with Crippen LogP contribution < -0.4 is 16.0 Å². The van der Waals surface area contributed by atoms with E-state index in [2.05, 4.69) is 16.0 Å². The highest BCUT2D eigenvalue weighted by Crippen LogP contribution is 2.31. The summed E-state index contributed by atoms with van der Waals surface area (Å²) in [5, 5.41) is 8.65. The van der Waals surface area contributed by atoms with Gasteiger partial charge in [0.25, 0.3) is 0 Å². The maximum absolute atomic E-state index is 12.2. The summed E-state index contributed by atoms with van der Waals surface area (Å²) in [6.07, 6.45) is 1.09. The summed E-state index contributed by atoms with van der Waals surface area (Å²) in [4.78, 5) is 23.3. The molecule has 5 nitrogen and oxygen atoms in total. The highest BCUT2D eigenvalue weighted by Gasteiger charge is 2.25. The van der Waals surface area contributed by atoms with Crippen LogP contribution in [0.1, 0.15) is 24.3 Å². The van der Waals surface area contributed by atoms with Gasteiger partial charge in [-0.25, -0.2) is 0 Å². The third-order valence-corrected chi connectivity index (χ3v) is 3.33. The molecule has 1 heterocycles. The summed E-state index contributed by atoms with van der Waals surface area (Å²) in [6, 6.07) is 7.86. The van der Waals surface area contributed by atoms with Crippen molar-refractivity contribution < 1.29 is 9.59 Å². The van der Waals surface area contributed by atoms with E-state index in [1.165, 1.54) is 0 Å². The van der Waals surface area contributed by atoms with Gasteiger partial charge in [-0.3, -0.25) is 9.59 Å². The lowest BCUT2D eigenvalue weighted by molar-refractivity contribution is -0.123.